The molecule has 0 spiro atoms. The first-order chi connectivity index (χ1) is 16.0. The summed E-state index contributed by atoms with van der Waals surface area (Å²) in [5.74, 6) is -1.54. The SMILES string of the molecule is Nc1ncnn2c(C(=O)CCC(O)(COCc3ccccc3)OCc3ccccc3)ccc12. The Morgan fingerprint density at radius 2 is 1.64 bits per heavy atom. The van der Waals surface area contributed by atoms with E-state index in [2.05, 4.69) is 10.1 Å². The van der Waals surface area contributed by atoms with E-state index in [-0.39, 0.29) is 31.8 Å². The van der Waals surface area contributed by atoms with E-state index >= 15 is 0 Å². The molecule has 4 rings (SSSR count). The number of hydrogen-bond acceptors (Lipinski definition) is 7. The average molecular weight is 447 g/mol. The lowest BCUT2D eigenvalue weighted by atomic mass is 10.1. The number of rotatable bonds is 11. The monoisotopic (exact) mass is 446 g/mol. The standard InChI is InChI=1S/C25H26N4O4/c26-24-22-12-11-21(29(22)28-18-27-24)23(30)13-14-25(31,33-16-20-9-5-2-6-10-20)17-32-15-19-7-3-1-4-8-19/h1-12,18,31H,13-17H2,(H2,26,27,28). The third-order valence-corrected chi connectivity index (χ3v) is 5.30. The fourth-order valence-corrected chi connectivity index (χ4v) is 3.48. The number of anilines is 1. The van der Waals surface area contributed by atoms with Crippen LogP contribution in [0.15, 0.2) is 79.1 Å². The molecule has 0 aliphatic carbocycles. The van der Waals surface area contributed by atoms with Gasteiger partial charge in [0.25, 0.3) is 0 Å². The number of carbonyl (C=O) groups is 1. The summed E-state index contributed by atoms with van der Waals surface area (Å²) in [4.78, 5) is 16.9. The number of nitrogen functional groups attached to an aromatic ring is 1. The van der Waals surface area contributed by atoms with Crippen LogP contribution in [-0.4, -0.2) is 37.9 Å². The second kappa shape index (κ2) is 10.4. The highest BCUT2D eigenvalue weighted by Gasteiger charge is 2.30. The van der Waals surface area contributed by atoms with Gasteiger partial charge in [0.15, 0.2) is 17.4 Å². The van der Waals surface area contributed by atoms with E-state index in [0.717, 1.165) is 11.1 Å². The summed E-state index contributed by atoms with van der Waals surface area (Å²) in [5.41, 5.74) is 8.67. The van der Waals surface area contributed by atoms with Gasteiger partial charge in [0.1, 0.15) is 24.1 Å². The molecule has 0 aliphatic heterocycles. The Bertz CT molecular complexity index is 1200. The summed E-state index contributed by atoms with van der Waals surface area (Å²) in [6, 6.07) is 22.5. The van der Waals surface area contributed by atoms with Gasteiger partial charge in [0.05, 0.1) is 13.2 Å². The third kappa shape index (κ3) is 5.81. The zero-order chi connectivity index (χ0) is 23.1. The van der Waals surface area contributed by atoms with Crippen LogP contribution in [0.25, 0.3) is 5.52 Å². The second-order valence-electron chi connectivity index (χ2n) is 7.78. The molecule has 33 heavy (non-hydrogen) atoms. The van der Waals surface area contributed by atoms with E-state index < -0.39 is 5.79 Å². The summed E-state index contributed by atoms with van der Waals surface area (Å²) in [7, 11) is 0. The quantitative estimate of drug-likeness (QED) is 0.268. The Labute approximate surface area is 191 Å². The van der Waals surface area contributed by atoms with Gasteiger partial charge in [-0.15, -0.1) is 0 Å². The highest BCUT2D eigenvalue weighted by atomic mass is 16.6. The highest BCUT2D eigenvalue weighted by Crippen LogP contribution is 2.22. The third-order valence-electron chi connectivity index (χ3n) is 5.30. The van der Waals surface area contributed by atoms with Gasteiger partial charge < -0.3 is 20.3 Å². The molecule has 1 unspecified atom stereocenters. The van der Waals surface area contributed by atoms with E-state index in [9.17, 15) is 9.90 Å². The molecular weight excluding hydrogens is 420 g/mol. The maximum absolute atomic E-state index is 12.9. The Hall–Kier alpha value is -3.59. The number of aliphatic hydroxyl groups is 1. The molecule has 0 aliphatic rings. The number of nitrogens with two attached hydrogens (primary N) is 1. The van der Waals surface area contributed by atoms with Crippen molar-refractivity contribution in [2.75, 3.05) is 12.3 Å². The van der Waals surface area contributed by atoms with E-state index in [1.54, 1.807) is 12.1 Å². The fraction of sp³-hybridized carbons (Fsp3) is 0.240. The lowest BCUT2D eigenvalue weighted by molar-refractivity contribution is -0.243. The summed E-state index contributed by atoms with van der Waals surface area (Å²) >= 11 is 0. The van der Waals surface area contributed by atoms with Gasteiger partial charge >= 0.3 is 0 Å². The molecule has 4 aromatic rings. The first-order valence-corrected chi connectivity index (χ1v) is 10.7. The Kier molecular flexibility index (Phi) is 7.09. The van der Waals surface area contributed by atoms with Gasteiger partial charge in [0.2, 0.25) is 0 Å². The van der Waals surface area contributed by atoms with Crippen LogP contribution < -0.4 is 5.73 Å². The minimum Gasteiger partial charge on any atom is -0.382 e. The zero-order valence-electron chi connectivity index (χ0n) is 18.1. The highest BCUT2D eigenvalue weighted by molar-refractivity contribution is 5.96. The van der Waals surface area contributed by atoms with E-state index in [1.807, 2.05) is 60.7 Å². The van der Waals surface area contributed by atoms with E-state index in [0.29, 0.717) is 23.6 Å². The predicted molar refractivity (Wildman–Crippen MR) is 123 cm³/mol. The minimum absolute atomic E-state index is 0.0377. The molecule has 0 saturated heterocycles. The fourth-order valence-electron chi connectivity index (χ4n) is 3.48. The number of ether oxygens (including phenoxy) is 2. The maximum Gasteiger partial charge on any atom is 0.190 e. The molecule has 0 radical (unpaired) electrons. The molecular formula is C25H26N4O4. The molecule has 8 heteroatoms. The van der Waals surface area contributed by atoms with Crippen molar-refractivity contribution in [1.29, 1.82) is 0 Å². The molecule has 170 valence electrons. The molecule has 1 atom stereocenters. The van der Waals surface area contributed by atoms with Crippen molar-refractivity contribution in [2.24, 2.45) is 0 Å². The smallest absolute Gasteiger partial charge is 0.190 e. The Morgan fingerprint density at radius 3 is 2.33 bits per heavy atom. The summed E-state index contributed by atoms with van der Waals surface area (Å²) in [6.45, 7) is 0.440. The first-order valence-electron chi connectivity index (χ1n) is 10.7. The van der Waals surface area contributed by atoms with Crippen LogP contribution in [0.2, 0.25) is 0 Å². The summed E-state index contributed by atoms with van der Waals surface area (Å²) < 4.78 is 13.1. The van der Waals surface area contributed by atoms with Crippen LogP contribution in [0.3, 0.4) is 0 Å². The molecule has 0 saturated carbocycles. The van der Waals surface area contributed by atoms with Crippen molar-refractivity contribution in [2.45, 2.75) is 31.8 Å². The lowest BCUT2D eigenvalue weighted by Gasteiger charge is -2.28. The molecule has 2 aromatic carbocycles. The van der Waals surface area contributed by atoms with Crippen LogP contribution >= 0.6 is 0 Å². The van der Waals surface area contributed by atoms with Crippen LogP contribution in [0.5, 0.6) is 0 Å². The minimum atomic E-state index is -1.64. The lowest BCUT2D eigenvalue weighted by Crippen LogP contribution is -2.38. The molecule has 2 aromatic heterocycles. The number of hydrogen-bond donors (Lipinski definition) is 2. The number of aromatic nitrogens is 3. The predicted octanol–water partition coefficient (Wildman–Crippen LogP) is 3.40. The number of Topliss-reactive ketones (excluding diaryl/α,β-unsaturated/α-hetero) is 1. The van der Waals surface area contributed by atoms with Crippen LogP contribution in [-0.2, 0) is 22.7 Å². The van der Waals surface area contributed by atoms with E-state index in [4.69, 9.17) is 15.2 Å². The van der Waals surface area contributed by atoms with Crippen LogP contribution in [0.1, 0.15) is 34.5 Å². The van der Waals surface area contributed by atoms with Gasteiger partial charge in [-0.3, -0.25) is 4.79 Å². The first kappa shape index (κ1) is 22.6. The van der Waals surface area contributed by atoms with Crippen molar-refractivity contribution < 1.29 is 19.4 Å². The van der Waals surface area contributed by atoms with Crippen molar-refractivity contribution in [3.63, 3.8) is 0 Å². The van der Waals surface area contributed by atoms with Gasteiger partial charge in [-0.2, -0.15) is 5.10 Å². The van der Waals surface area contributed by atoms with Crippen molar-refractivity contribution >= 4 is 17.1 Å². The summed E-state index contributed by atoms with van der Waals surface area (Å²) in [6.07, 6.45) is 1.40. The van der Waals surface area contributed by atoms with Crippen LogP contribution in [0, 0.1) is 0 Å². The van der Waals surface area contributed by atoms with Gasteiger partial charge in [-0.25, -0.2) is 9.50 Å². The number of benzene rings is 2. The normalized spacial score (nSPS) is 13.1. The maximum atomic E-state index is 12.9. The zero-order valence-corrected chi connectivity index (χ0v) is 18.1. The van der Waals surface area contributed by atoms with E-state index in [1.165, 1.54) is 10.8 Å². The number of ketones is 1. The van der Waals surface area contributed by atoms with Gasteiger partial charge in [-0.1, -0.05) is 60.7 Å². The van der Waals surface area contributed by atoms with Gasteiger partial charge in [0, 0.05) is 12.8 Å². The molecule has 3 N–H and O–H groups in total. The second-order valence-corrected chi connectivity index (χ2v) is 7.78. The van der Waals surface area contributed by atoms with Crippen molar-refractivity contribution in [1.82, 2.24) is 14.6 Å². The summed E-state index contributed by atoms with van der Waals surface area (Å²) in [5, 5.41) is 15.3. The molecule has 0 amide bonds. The molecule has 2 heterocycles. The number of carbonyl (C=O) groups excluding carboxylic acids is 1. The average Bonchev–Trinajstić information content (AvgIpc) is 3.29. The number of nitrogens with zero attached hydrogens (tertiary/aromatic N) is 3. The molecule has 0 bridgehead atoms. The Morgan fingerprint density at radius 1 is 0.970 bits per heavy atom. The molecule has 0 fully saturated rings. The van der Waals surface area contributed by atoms with Crippen LogP contribution in [0.4, 0.5) is 5.82 Å². The van der Waals surface area contributed by atoms with Crippen molar-refractivity contribution in [3.05, 3.63) is 95.9 Å². The topological polar surface area (TPSA) is 112 Å². The van der Waals surface area contributed by atoms with Gasteiger partial charge in [-0.05, 0) is 23.3 Å². The largest absolute Gasteiger partial charge is 0.382 e. The van der Waals surface area contributed by atoms with Crippen molar-refractivity contribution in [3.8, 4) is 0 Å². The Balaban J connectivity index is 1.43. The molecule has 8 nitrogen and oxygen atoms in total. The number of fused-ring (bicyclic) bond motifs is 1.